The third kappa shape index (κ3) is 9.88. The summed E-state index contributed by atoms with van der Waals surface area (Å²) < 4.78 is 34.9. The molecule has 0 bridgehead atoms. The van der Waals surface area contributed by atoms with Crippen molar-refractivity contribution in [2.24, 2.45) is 0 Å². The summed E-state index contributed by atoms with van der Waals surface area (Å²) >= 11 is 0. The molecule has 0 heterocycles. The van der Waals surface area contributed by atoms with Crippen LogP contribution >= 0.6 is 0 Å². The van der Waals surface area contributed by atoms with Crippen molar-refractivity contribution >= 4 is 0 Å². The normalized spacial score (nSPS) is 10.8. The van der Waals surface area contributed by atoms with Gasteiger partial charge in [0.15, 0.2) is 23.0 Å². The minimum Gasteiger partial charge on any atom is -0.497 e. The number of aryl methyl sites for hydroxylation is 6. The first kappa shape index (κ1) is 35.9. The molecule has 6 heteroatoms. The highest BCUT2D eigenvalue weighted by atomic mass is 16.5. The van der Waals surface area contributed by atoms with Crippen LogP contribution in [0.1, 0.15) is 33.4 Å². The predicted molar refractivity (Wildman–Crippen MR) is 207 cm³/mol. The Hall–Kier alpha value is -5.88. The summed E-state index contributed by atoms with van der Waals surface area (Å²) in [6, 6.07) is 45.1. The fourth-order valence-corrected chi connectivity index (χ4v) is 6.21. The Balaban J connectivity index is 1.04. The van der Waals surface area contributed by atoms with Crippen LogP contribution in [0.15, 0.2) is 133 Å². The minimum absolute atomic E-state index is 0.684. The molecule has 6 aromatic carbocycles. The molecule has 0 aliphatic carbocycles. The van der Waals surface area contributed by atoms with E-state index in [0.717, 1.165) is 72.6 Å². The van der Waals surface area contributed by atoms with Crippen molar-refractivity contribution < 1.29 is 28.4 Å². The molecule has 0 aliphatic heterocycles. The number of hydrogen-bond donors (Lipinski definition) is 0. The number of methoxy groups -OCH3 is 4. The monoisotopic (exact) mass is 694 g/mol. The molecule has 6 aromatic rings. The minimum atomic E-state index is 0.684. The number of rotatable bonds is 17. The summed E-state index contributed by atoms with van der Waals surface area (Å²) in [6.07, 6.45) is 5.29. The molecule has 266 valence electrons. The van der Waals surface area contributed by atoms with Gasteiger partial charge in [0.25, 0.3) is 0 Å². The van der Waals surface area contributed by atoms with Crippen LogP contribution in [-0.2, 0) is 38.5 Å². The molecule has 0 saturated carbocycles. The average molecular weight is 695 g/mol. The molecule has 0 radical (unpaired) electrons. The van der Waals surface area contributed by atoms with Crippen molar-refractivity contribution in [3.63, 3.8) is 0 Å². The molecule has 6 rings (SSSR count). The van der Waals surface area contributed by atoms with Gasteiger partial charge in [0.1, 0.15) is 23.0 Å². The predicted octanol–water partition coefficient (Wildman–Crippen LogP) is 10.7. The molecule has 0 saturated heterocycles. The largest absolute Gasteiger partial charge is 0.497 e. The van der Waals surface area contributed by atoms with Crippen LogP contribution in [0, 0.1) is 0 Å². The Morgan fingerprint density at radius 2 is 0.596 bits per heavy atom. The van der Waals surface area contributed by atoms with Crippen molar-refractivity contribution in [2.75, 3.05) is 28.4 Å². The molecule has 0 fully saturated rings. The quantitative estimate of drug-likeness (QED) is 0.0947. The van der Waals surface area contributed by atoms with Crippen molar-refractivity contribution in [2.45, 2.75) is 38.5 Å². The molecule has 0 N–H and O–H groups in total. The highest BCUT2D eigenvalue weighted by molar-refractivity contribution is 5.48. The van der Waals surface area contributed by atoms with Gasteiger partial charge in [-0.2, -0.15) is 0 Å². The lowest BCUT2D eigenvalue weighted by Crippen LogP contribution is -1.97. The van der Waals surface area contributed by atoms with E-state index in [1.165, 1.54) is 22.3 Å². The highest BCUT2D eigenvalue weighted by Gasteiger charge is 2.11. The van der Waals surface area contributed by atoms with E-state index < -0.39 is 0 Å². The van der Waals surface area contributed by atoms with E-state index in [2.05, 4.69) is 72.8 Å². The summed E-state index contributed by atoms with van der Waals surface area (Å²) in [4.78, 5) is 0. The van der Waals surface area contributed by atoms with Gasteiger partial charge in [0.2, 0.25) is 0 Å². The van der Waals surface area contributed by atoms with Gasteiger partial charge in [-0.15, -0.1) is 0 Å². The van der Waals surface area contributed by atoms with Gasteiger partial charge < -0.3 is 28.4 Å². The van der Waals surface area contributed by atoms with E-state index in [1.54, 1.807) is 28.4 Å². The molecule has 52 heavy (non-hydrogen) atoms. The van der Waals surface area contributed by atoms with E-state index in [1.807, 2.05) is 60.7 Å². The summed E-state index contributed by atoms with van der Waals surface area (Å²) in [6.45, 7) is 0. The maximum Gasteiger partial charge on any atom is 0.169 e. The van der Waals surface area contributed by atoms with Gasteiger partial charge >= 0.3 is 0 Å². The van der Waals surface area contributed by atoms with E-state index in [-0.39, 0.29) is 0 Å². The Labute approximate surface area is 307 Å². The third-order valence-electron chi connectivity index (χ3n) is 9.08. The van der Waals surface area contributed by atoms with Crippen LogP contribution in [0.25, 0.3) is 0 Å². The zero-order chi connectivity index (χ0) is 36.1. The zero-order valence-corrected chi connectivity index (χ0v) is 30.4. The lowest BCUT2D eigenvalue weighted by molar-refractivity contribution is 0.378. The highest BCUT2D eigenvalue weighted by Crippen LogP contribution is 2.35. The van der Waals surface area contributed by atoms with Gasteiger partial charge in [-0.3, -0.25) is 0 Å². The Morgan fingerprint density at radius 3 is 0.923 bits per heavy atom. The molecule has 0 aromatic heterocycles. The van der Waals surface area contributed by atoms with E-state index in [0.29, 0.717) is 23.0 Å². The summed E-state index contributed by atoms with van der Waals surface area (Å²) in [5.41, 5.74) is 7.20. The summed E-state index contributed by atoms with van der Waals surface area (Å²) in [5, 5.41) is 0. The molecular weight excluding hydrogens is 649 g/mol. The van der Waals surface area contributed by atoms with Crippen LogP contribution < -0.4 is 28.4 Å². The van der Waals surface area contributed by atoms with Gasteiger partial charge in [-0.25, -0.2) is 0 Å². The summed E-state index contributed by atoms with van der Waals surface area (Å²) in [5.74, 6) is 6.09. The first-order valence-corrected chi connectivity index (χ1v) is 17.6. The number of benzene rings is 6. The van der Waals surface area contributed by atoms with Gasteiger partial charge in [-0.05, 0) is 145 Å². The topological polar surface area (TPSA) is 55.4 Å². The second kappa shape index (κ2) is 17.9. The second-order valence-electron chi connectivity index (χ2n) is 12.7. The summed E-state index contributed by atoms with van der Waals surface area (Å²) in [7, 11) is 6.74. The molecular formula is C46H46O6. The van der Waals surface area contributed by atoms with E-state index in [9.17, 15) is 0 Å². The maximum atomic E-state index is 6.31. The SMILES string of the molecule is COc1cccc(CCc2cccc(Oc3ccc(CCc4ccc(Oc5cccc(CCc6cccc(OC)c6)c5)c(OC)c4)cc3OC)c2)c1. The van der Waals surface area contributed by atoms with Crippen LogP contribution in [0.5, 0.6) is 46.0 Å². The second-order valence-corrected chi connectivity index (χ2v) is 12.7. The van der Waals surface area contributed by atoms with Crippen molar-refractivity contribution in [3.8, 4) is 46.0 Å². The van der Waals surface area contributed by atoms with E-state index in [4.69, 9.17) is 28.4 Å². The first-order valence-electron chi connectivity index (χ1n) is 17.6. The average Bonchev–Trinajstić information content (AvgIpc) is 3.19. The fraction of sp³-hybridized carbons (Fsp3) is 0.217. The Morgan fingerprint density at radius 1 is 0.288 bits per heavy atom. The van der Waals surface area contributed by atoms with Crippen molar-refractivity contribution in [1.82, 2.24) is 0 Å². The lowest BCUT2D eigenvalue weighted by atomic mass is 10.0. The number of ether oxygens (including phenoxy) is 6. The number of hydrogen-bond acceptors (Lipinski definition) is 6. The standard InChI is InChI=1S/C46H46O6/c1-47-39-13-5-9-33(27-39)17-19-35-11-7-15-41(29-35)51-43-25-23-37(31-45(43)49-3)21-22-38-24-26-44(46(32-38)50-4)52-42-16-8-12-36(30-42)20-18-34-10-6-14-40(28-34)48-2/h5-16,23-32H,17-22H2,1-4H3. The molecule has 0 unspecified atom stereocenters. The van der Waals surface area contributed by atoms with Crippen LogP contribution in [-0.4, -0.2) is 28.4 Å². The van der Waals surface area contributed by atoms with Crippen LogP contribution in [0.2, 0.25) is 0 Å². The molecule has 0 aliphatic rings. The van der Waals surface area contributed by atoms with E-state index >= 15 is 0 Å². The van der Waals surface area contributed by atoms with Gasteiger partial charge in [0.05, 0.1) is 28.4 Å². The van der Waals surface area contributed by atoms with Crippen LogP contribution in [0.4, 0.5) is 0 Å². The smallest absolute Gasteiger partial charge is 0.169 e. The fourth-order valence-electron chi connectivity index (χ4n) is 6.21. The van der Waals surface area contributed by atoms with Gasteiger partial charge in [-0.1, -0.05) is 60.7 Å². The first-order chi connectivity index (χ1) is 25.5. The molecule has 6 nitrogen and oxygen atoms in total. The van der Waals surface area contributed by atoms with Crippen molar-refractivity contribution in [3.05, 3.63) is 167 Å². The molecule has 0 spiro atoms. The van der Waals surface area contributed by atoms with Crippen LogP contribution in [0.3, 0.4) is 0 Å². The molecule has 0 amide bonds. The molecule has 0 atom stereocenters. The zero-order valence-electron chi connectivity index (χ0n) is 30.4. The van der Waals surface area contributed by atoms with Gasteiger partial charge in [0, 0.05) is 0 Å². The lowest BCUT2D eigenvalue weighted by Gasteiger charge is -2.14. The Kier molecular flexibility index (Phi) is 12.3. The maximum absolute atomic E-state index is 6.31. The Bertz CT molecular complexity index is 1920. The van der Waals surface area contributed by atoms with Crippen molar-refractivity contribution in [1.29, 1.82) is 0 Å². The third-order valence-corrected chi connectivity index (χ3v) is 9.08.